The summed E-state index contributed by atoms with van der Waals surface area (Å²) >= 11 is 0. The first-order valence-corrected chi connectivity index (χ1v) is 10.9. The van der Waals surface area contributed by atoms with Crippen LogP contribution >= 0.6 is 0 Å². The Bertz CT molecular complexity index is 1090. The first-order valence-electron chi connectivity index (χ1n) is 10.9. The van der Waals surface area contributed by atoms with Crippen molar-refractivity contribution in [3.8, 4) is 0 Å². The number of aliphatic hydroxyl groups is 1. The van der Waals surface area contributed by atoms with Crippen LogP contribution < -0.4 is 0 Å². The maximum Gasteiger partial charge on any atom is 0.433 e. The first kappa shape index (κ1) is 25.2. The smallest absolute Gasteiger partial charge is 0.433 e. The standard InChI is InChI=1S/C26H28F2N2O4/c1-26(2,3)21(15-29-25(33)34-12-11-31)24(32)30-16-18(20-14-19(27)9-10-22(20)28)13-23(30)17-7-5-4-6-8-17/h4-10,13-15,21,23,31H,11-12,16H2,1-3H3/b29-15+/t21?,23-/m0/s1. The molecular weight excluding hydrogens is 442 g/mol. The van der Waals surface area contributed by atoms with E-state index in [0.717, 1.165) is 23.8 Å². The second-order valence-corrected chi connectivity index (χ2v) is 9.10. The van der Waals surface area contributed by atoms with Gasteiger partial charge in [0.15, 0.2) is 0 Å². The molecule has 0 radical (unpaired) electrons. The zero-order chi connectivity index (χ0) is 24.9. The molecule has 180 valence electrons. The molecule has 2 amide bonds. The van der Waals surface area contributed by atoms with Gasteiger partial charge in [-0.3, -0.25) is 4.79 Å². The summed E-state index contributed by atoms with van der Waals surface area (Å²) in [7, 11) is 0. The monoisotopic (exact) mass is 470 g/mol. The molecular formula is C26H28F2N2O4. The van der Waals surface area contributed by atoms with E-state index in [2.05, 4.69) is 4.99 Å². The number of ether oxygens (including phenoxy) is 1. The van der Waals surface area contributed by atoms with E-state index in [1.54, 1.807) is 11.0 Å². The van der Waals surface area contributed by atoms with Crippen LogP contribution in [0.1, 0.15) is 37.9 Å². The number of benzene rings is 2. The van der Waals surface area contributed by atoms with Crippen LogP contribution in [0.15, 0.2) is 59.6 Å². The molecule has 0 saturated carbocycles. The summed E-state index contributed by atoms with van der Waals surface area (Å²) < 4.78 is 33.2. The van der Waals surface area contributed by atoms with Gasteiger partial charge in [-0.25, -0.2) is 13.6 Å². The summed E-state index contributed by atoms with van der Waals surface area (Å²) in [6.07, 6.45) is 2.11. The molecule has 1 N–H and O–H groups in total. The number of hydrogen-bond donors (Lipinski definition) is 1. The van der Waals surface area contributed by atoms with Gasteiger partial charge in [0.2, 0.25) is 5.91 Å². The van der Waals surface area contributed by atoms with Crippen LogP contribution in [-0.4, -0.2) is 48.0 Å². The quantitative estimate of drug-likeness (QED) is 0.616. The Morgan fingerprint density at radius 3 is 2.56 bits per heavy atom. The molecule has 34 heavy (non-hydrogen) atoms. The van der Waals surface area contributed by atoms with E-state index >= 15 is 0 Å². The molecule has 1 aliphatic heterocycles. The molecule has 1 unspecified atom stereocenters. The van der Waals surface area contributed by atoms with Gasteiger partial charge in [-0.05, 0) is 34.8 Å². The third-order valence-corrected chi connectivity index (χ3v) is 5.58. The summed E-state index contributed by atoms with van der Waals surface area (Å²) in [4.78, 5) is 30.9. The lowest BCUT2D eigenvalue weighted by atomic mass is 9.80. The molecule has 0 aliphatic carbocycles. The Morgan fingerprint density at radius 2 is 1.91 bits per heavy atom. The fourth-order valence-electron chi connectivity index (χ4n) is 3.82. The number of carbonyl (C=O) groups excluding carboxylic acids is 2. The highest BCUT2D eigenvalue weighted by Crippen LogP contribution is 2.38. The molecule has 1 heterocycles. The molecule has 8 heteroatoms. The third kappa shape index (κ3) is 5.94. The number of nitrogens with zero attached hydrogens (tertiary/aromatic N) is 2. The van der Waals surface area contributed by atoms with Crippen LogP contribution in [0.4, 0.5) is 13.6 Å². The summed E-state index contributed by atoms with van der Waals surface area (Å²) in [5.74, 6) is -2.26. The van der Waals surface area contributed by atoms with Gasteiger partial charge in [-0.15, -0.1) is 0 Å². The van der Waals surface area contributed by atoms with E-state index in [9.17, 15) is 18.4 Å². The Morgan fingerprint density at radius 1 is 1.21 bits per heavy atom. The van der Waals surface area contributed by atoms with Crippen LogP contribution in [0, 0.1) is 23.0 Å². The third-order valence-electron chi connectivity index (χ3n) is 5.58. The van der Waals surface area contributed by atoms with Gasteiger partial charge < -0.3 is 14.7 Å². The molecule has 0 saturated heterocycles. The zero-order valence-corrected chi connectivity index (χ0v) is 19.4. The molecule has 1 aliphatic rings. The number of halogens is 2. The van der Waals surface area contributed by atoms with Crippen molar-refractivity contribution in [2.75, 3.05) is 19.8 Å². The van der Waals surface area contributed by atoms with Gasteiger partial charge in [-0.1, -0.05) is 57.2 Å². The molecule has 0 spiro atoms. The average molecular weight is 471 g/mol. The summed E-state index contributed by atoms with van der Waals surface area (Å²) in [6.45, 7) is 5.06. The van der Waals surface area contributed by atoms with Crippen LogP contribution in [0.5, 0.6) is 0 Å². The van der Waals surface area contributed by atoms with Crippen molar-refractivity contribution in [3.05, 3.63) is 77.4 Å². The summed E-state index contributed by atoms with van der Waals surface area (Å²) in [5.41, 5.74) is 0.803. The van der Waals surface area contributed by atoms with E-state index in [4.69, 9.17) is 9.84 Å². The SMILES string of the molecule is CC(C)(C)C(/C=N/C(=O)OCCO)C(=O)N1CC(c2cc(F)ccc2F)=C[C@H]1c1ccccc1. The van der Waals surface area contributed by atoms with Gasteiger partial charge in [-0.2, -0.15) is 4.99 Å². The maximum atomic E-state index is 14.5. The summed E-state index contributed by atoms with van der Waals surface area (Å²) in [6, 6.07) is 12.0. The van der Waals surface area contributed by atoms with Crippen molar-refractivity contribution < 1.29 is 28.2 Å². The predicted molar refractivity (Wildman–Crippen MR) is 125 cm³/mol. The Labute approximate surface area is 197 Å². The van der Waals surface area contributed by atoms with Crippen molar-refractivity contribution in [1.82, 2.24) is 4.90 Å². The lowest BCUT2D eigenvalue weighted by Gasteiger charge is -2.33. The van der Waals surface area contributed by atoms with Crippen molar-refractivity contribution in [2.45, 2.75) is 26.8 Å². The van der Waals surface area contributed by atoms with E-state index in [0.29, 0.717) is 5.57 Å². The minimum Gasteiger partial charge on any atom is -0.445 e. The normalized spacial score (nSPS) is 17.1. The van der Waals surface area contributed by atoms with E-state index < -0.39 is 35.1 Å². The van der Waals surface area contributed by atoms with Gasteiger partial charge in [0, 0.05) is 18.3 Å². The van der Waals surface area contributed by atoms with Crippen molar-refractivity contribution in [3.63, 3.8) is 0 Å². The number of aliphatic hydroxyl groups excluding tert-OH is 1. The van der Waals surface area contributed by atoms with Crippen LogP contribution in [0.25, 0.3) is 5.57 Å². The Balaban J connectivity index is 1.97. The van der Waals surface area contributed by atoms with Crippen LogP contribution in [-0.2, 0) is 9.53 Å². The van der Waals surface area contributed by atoms with Crippen molar-refractivity contribution >= 4 is 23.8 Å². The maximum absolute atomic E-state index is 14.5. The lowest BCUT2D eigenvalue weighted by Crippen LogP contribution is -2.42. The number of amides is 2. The van der Waals surface area contributed by atoms with Crippen molar-refractivity contribution in [1.29, 1.82) is 0 Å². The highest BCUT2D eigenvalue weighted by molar-refractivity contribution is 5.98. The number of hydrogen-bond acceptors (Lipinski definition) is 4. The molecule has 0 bridgehead atoms. The average Bonchev–Trinajstić information content (AvgIpc) is 3.24. The predicted octanol–water partition coefficient (Wildman–Crippen LogP) is 4.79. The van der Waals surface area contributed by atoms with Gasteiger partial charge in [0.05, 0.1) is 18.6 Å². The van der Waals surface area contributed by atoms with Crippen molar-refractivity contribution in [2.24, 2.45) is 16.3 Å². The highest BCUT2D eigenvalue weighted by atomic mass is 19.1. The topological polar surface area (TPSA) is 79.2 Å². The molecule has 2 aromatic carbocycles. The van der Waals surface area contributed by atoms with Crippen LogP contribution in [0.3, 0.4) is 0 Å². The lowest BCUT2D eigenvalue weighted by molar-refractivity contribution is -0.136. The van der Waals surface area contributed by atoms with Gasteiger partial charge in [0.25, 0.3) is 0 Å². The molecule has 2 atom stereocenters. The molecule has 6 nitrogen and oxygen atoms in total. The second kappa shape index (κ2) is 10.7. The molecule has 0 aromatic heterocycles. The van der Waals surface area contributed by atoms with Crippen LogP contribution in [0.2, 0.25) is 0 Å². The number of aliphatic imine (C=N–C) groups is 1. The fraction of sp³-hybridized carbons (Fsp3) is 0.346. The minimum absolute atomic E-state index is 0.0636. The first-order chi connectivity index (χ1) is 16.1. The molecule has 0 fully saturated rings. The van der Waals surface area contributed by atoms with Gasteiger partial charge >= 0.3 is 6.09 Å². The summed E-state index contributed by atoms with van der Waals surface area (Å²) in [5, 5.41) is 8.80. The fourth-order valence-corrected chi connectivity index (χ4v) is 3.82. The van der Waals surface area contributed by atoms with E-state index in [-0.39, 0.29) is 31.2 Å². The second-order valence-electron chi connectivity index (χ2n) is 9.10. The van der Waals surface area contributed by atoms with E-state index in [1.807, 2.05) is 51.1 Å². The Kier molecular flexibility index (Phi) is 7.94. The minimum atomic E-state index is -0.905. The number of carbonyl (C=O) groups is 2. The highest BCUT2D eigenvalue weighted by Gasteiger charge is 2.39. The largest absolute Gasteiger partial charge is 0.445 e. The Hall–Kier alpha value is -3.39. The van der Waals surface area contributed by atoms with E-state index in [1.165, 1.54) is 6.21 Å². The molecule has 3 rings (SSSR count). The number of rotatable bonds is 6. The zero-order valence-electron chi connectivity index (χ0n) is 19.4. The molecule has 2 aromatic rings. The van der Waals surface area contributed by atoms with Gasteiger partial charge in [0.1, 0.15) is 18.2 Å².